The fourth-order valence-electron chi connectivity index (χ4n) is 1.60. The van der Waals surface area contributed by atoms with Gasteiger partial charge in [0.05, 0.1) is 5.02 Å². The van der Waals surface area contributed by atoms with Crippen LogP contribution in [0.3, 0.4) is 0 Å². The number of halogens is 2. The first kappa shape index (κ1) is 13.4. The van der Waals surface area contributed by atoms with Crippen LogP contribution in [0.15, 0.2) is 46.9 Å². The quantitative estimate of drug-likeness (QED) is 0.916. The van der Waals surface area contributed by atoms with Crippen LogP contribution in [0.5, 0.6) is 5.75 Å². The number of ether oxygens (including phenoxy) is 1. The monoisotopic (exact) mass is 325 g/mol. The van der Waals surface area contributed by atoms with Gasteiger partial charge < -0.3 is 10.5 Å². The van der Waals surface area contributed by atoms with E-state index in [-0.39, 0.29) is 0 Å². The van der Waals surface area contributed by atoms with Gasteiger partial charge in [0.2, 0.25) is 0 Å². The fraction of sp³-hybridized carbons (Fsp3) is 0.143. The highest BCUT2D eigenvalue weighted by Crippen LogP contribution is 2.28. The standard InChI is InChI=1S/C14H13BrClNO/c15-12-4-5-14(13(16)7-12)18-9-11-3-1-2-10(6-11)8-17/h1-7H,8-9,17H2. The predicted molar refractivity (Wildman–Crippen MR) is 77.8 cm³/mol. The first-order valence-corrected chi connectivity index (χ1v) is 6.72. The highest BCUT2D eigenvalue weighted by molar-refractivity contribution is 9.10. The third-order valence-corrected chi connectivity index (χ3v) is 3.30. The van der Waals surface area contributed by atoms with E-state index in [1.54, 1.807) is 0 Å². The summed E-state index contributed by atoms with van der Waals surface area (Å²) < 4.78 is 6.62. The molecule has 0 saturated heterocycles. The lowest BCUT2D eigenvalue weighted by atomic mass is 10.1. The van der Waals surface area contributed by atoms with Gasteiger partial charge in [-0.3, -0.25) is 0 Å². The first-order chi connectivity index (χ1) is 8.69. The Balaban J connectivity index is 2.06. The molecular formula is C14H13BrClNO. The molecule has 0 unspecified atom stereocenters. The summed E-state index contributed by atoms with van der Waals surface area (Å²) in [5, 5.41) is 0.597. The second-order valence-corrected chi connectivity index (χ2v) is 5.21. The average molecular weight is 327 g/mol. The van der Waals surface area contributed by atoms with Gasteiger partial charge in [0.1, 0.15) is 12.4 Å². The molecule has 4 heteroatoms. The minimum atomic E-state index is 0.481. The molecule has 0 radical (unpaired) electrons. The van der Waals surface area contributed by atoms with Crippen molar-refractivity contribution in [2.45, 2.75) is 13.2 Å². The molecule has 0 heterocycles. The molecule has 2 aromatic rings. The van der Waals surface area contributed by atoms with Gasteiger partial charge in [0.25, 0.3) is 0 Å². The molecule has 0 aromatic heterocycles. The van der Waals surface area contributed by atoms with E-state index in [1.807, 2.05) is 42.5 Å². The summed E-state index contributed by atoms with van der Waals surface area (Å²) in [7, 11) is 0. The third-order valence-electron chi connectivity index (χ3n) is 2.52. The van der Waals surface area contributed by atoms with Crippen LogP contribution in [-0.4, -0.2) is 0 Å². The van der Waals surface area contributed by atoms with Crippen LogP contribution in [0, 0.1) is 0 Å². The van der Waals surface area contributed by atoms with Crippen molar-refractivity contribution in [3.05, 3.63) is 63.1 Å². The molecule has 2 N–H and O–H groups in total. The normalized spacial score (nSPS) is 10.4. The van der Waals surface area contributed by atoms with E-state index < -0.39 is 0 Å². The summed E-state index contributed by atoms with van der Waals surface area (Å²) in [6, 6.07) is 13.6. The summed E-state index contributed by atoms with van der Waals surface area (Å²) in [6.07, 6.45) is 0. The zero-order valence-electron chi connectivity index (χ0n) is 9.70. The van der Waals surface area contributed by atoms with Crippen molar-refractivity contribution < 1.29 is 4.74 Å². The Hall–Kier alpha value is -1.03. The van der Waals surface area contributed by atoms with E-state index in [0.29, 0.717) is 23.9 Å². The van der Waals surface area contributed by atoms with Crippen LogP contribution in [0.25, 0.3) is 0 Å². The van der Waals surface area contributed by atoms with Gasteiger partial charge in [-0.2, -0.15) is 0 Å². The van der Waals surface area contributed by atoms with Crippen LogP contribution < -0.4 is 10.5 Å². The number of hydrogen-bond donors (Lipinski definition) is 1. The minimum Gasteiger partial charge on any atom is -0.487 e. The van der Waals surface area contributed by atoms with Crippen LogP contribution in [-0.2, 0) is 13.2 Å². The molecular weight excluding hydrogens is 314 g/mol. The Morgan fingerprint density at radius 2 is 1.89 bits per heavy atom. The summed E-state index contributed by atoms with van der Waals surface area (Å²) >= 11 is 9.44. The second-order valence-electron chi connectivity index (χ2n) is 3.89. The van der Waals surface area contributed by atoms with E-state index in [4.69, 9.17) is 22.1 Å². The van der Waals surface area contributed by atoms with Crippen molar-refractivity contribution in [1.82, 2.24) is 0 Å². The molecule has 0 fully saturated rings. The molecule has 0 aliphatic carbocycles. The van der Waals surface area contributed by atoms with E-state index in [1.165, 1.54) is 0 Å². The van der Waals surface area contributed by atoms with Gasteiger partial charge in [-0.25, -0.2) is 0 Å². The third kappa shape index (κ3) is 3.48. The molecule has 0 aliphatic heterocycles. The van der Waals surface area contributed by atoms with Gasteiger partial charge in [-0.05, 0) is 29.3 Å². The van der Waals surface area contributed by atoms with Gasteiger partial charge >= 0.3 is 0 Å². The smallest absolute Gasteiger partial charge is 0.138 e. The van der Waals surface area contributed by atoms with Crippen molar-refractivity contribution in [3.63, 3.8) is 0 Å². The highest BCUT2D eigenvalue weighted by atomic mass is 79.9. The fourth-order valence-corrected chi connectivity index (χ4v) is 2.33. The topological polar surface area (TPSA) is 35.2 Å². The molecule has 94 valence electrons. The molecule has 18 heavy (non-hydrogen) atoms. The molecule has 0 spiro atoms. The van der Waals surface area contributed by atoms with Crippen LogP contribution in [0.1, 0.15) is 11.1 Å². The molecule has 0 bridgehead atoms. The van der Waals surface area contributed by atoms with E-state index >= 15 is 0 Å². The lowest BCUT2D eigenvalue weighted by Crippen LogP contribution is -2.00. The average Bonchev–Trinajstić information content (AvgIpc) is 2.38. The van der Waals surface area contributed by atoms with Gasteiger partial charge in [0, 0.05) is 11.0 Å². The Morgan fingerprint density at radius 1 is 1.11 bits per heavy atom. The zero-order chi connectivity index (χ0) is 13.0. The van der Waals surface area contributed by atoms with Crippen molar-refractivity contribution in [2.75, 3.05) is 0 Å². The molecule has 0 atom stereocenters. The summed E-state index contributed by atoms with van der Waals surface area (Å²) in [4.78, 5) is 0. The molecule has 2 aromatic carbocycles. The number of rotatable bonds is 4. The van der Waals surface area contributed by atoms with Crippen molar-refractivity contribution in [3.8, 4) is 5.75 Å². The van der Waals surface area contributed by atoms with E-state index in [2.05, 4.69) is 15.9 Å². The summed E-state index contributed by atoms with van der Waals surface area (Å²) in [5.74, 6) is 0.679. The van der Waals surface area contributed by atoms with Crippen LogP contribution in [0.4, 0.5) is 0 Å². The second kappa shape index (κ2) is 6.23. The predicted octanol–water partition coefficient (Wildman–Crippen LogP) is 4.14. The first-order valence-electron chi connectivity index (χ1n) is 5.55. The summed E-state index contributed by atoms with van der Waals surface area (Å²) in [6.45, 7) is 1.02. The van der Waals surface area contributed by atoms with Gasteiger partial charge in [-0.15, -0.1) is 0 Å². The van der Waals surface area contributed by atoms with Crippen molar-refractivity contribution >= 4 is 27.5 Å². The van der Waals surface area contributed by atoms with Crippen molar-refractivity contribution in [1.29, 1.82) is 0 Å². The van der Waals surface area contributed by atoms with E-state index in [0.717, 1.165) is 15.6 Å². The Morgan fingerprint density at radius 3 is 2.61 bits per heavy atom. The summed E-state index contributed by atoms with van der Waals surface area (Å²) in [5.41, 5.74) is 7.78. The Bertz CT molecular complexity index is 545. The number of nitrogens with two attached hydrogens (primary N) is 1. The maximum Gasteiger partial charge on any atom is 0.138 e. The van der Waals surface area contributed by atoms with Crippen LogP contribution >= 0.6 is 27.5 Å². The van der Waals surface area contributed by atoms with Gasteiger partial charge in [0.15, 0.2) is 0 Å². The zero-order valence-corrected chi connectivity index (χ0v) is 12.0. The molecule has 0 aliphatic rings. The lowest BCUT2D eigenvalue weighted by molar-refractivity contribution is 0.306. The minimum absolute atomic E-state index is 0.481. The highest BCUT2D eigenvalue weighted by Gasteiger charge is 2.03. The molecule has 2 rings (SSSR count). The molecule has 2 nitrogen and oxygen atoms in total. The maximum absolute atomic E-state index is 6.08. The van der Waals surface area contributed by atoms with E-state index in [9.17, 15) is 0 Å². The molecule has 0 saturated carbocycles. The van der Waals surface area contributed by atoms with Crippen molar-refractivity contribution in [2.24, 2.45) is 5.73 Å². The Labute approximate surface area is 120 Å². The Kier molecular flexibility index (Phi) is 4.64. The van der Waals surface area contributed by atoms with Crippen LogP contribution in [0.2, 0.25) is 5.02 Å². The maximum atomic E-state index is 6.08. The van der Waals surface area contributed by atoms with Gasteiger partial charge in [-0.1, -0.05) is 51.8 Å². The largest absolute Gasteiger partial charge is 0.487 e. The number of benzene rings is 2. The lowest BCUT2D eigenvalue weighted by Gasteiger charge is -2.09. The SMILES string of the molecule is NCc1cccc(COc2ccc(Br)cc2Cl)c1. The number of hydrogen-bond acceptors (Lipinski definition) is 2. The molecule has 0 amide bonds.